The highest BCUT2D eigenvalue weighted by Gasteiger charge is 2.15. The number of hydrogen-bond donors (Lipinski definition) is 2. The summed E-state index contributed by atoms with van der Waals surface area (Å²) < 4.78 is 1.02. The van der Waals surface area contributed by atoms with Crippen LogP contribution in [0.15, 0.2) is 0 Å². The largest absolute Gasteiger partial charge is 0.355 e. The minimum Gasteiger partial charge on any atom is -0.355 e. The molecule has 0 aliphatic carbocycles. The third-order valence-corrected chi connectivity index (χ3v) is 14.6. The van der Waals surface area contributed by atoms with Crippen molar-refractivity contribution in [2.45, 2.75) is 245 Å². The van der Waals surface area contributed by atoms with Gasteiger partial charge in [0, 0.05) is 43.9 Å². The van der Waals surface area contributed by atoms with E-state index in [9.17, 15) is 9.59 Å². The van der Waals surface area contributed by atoms with Crippen LogP contribution in [0.25, 0.3) is 0 Å². The molecule has 2 N–H and O–H groups in total. The number of amides is 2. The molecule has 0 bridgehead atoms. The van der Waals surface area contributed by atoms with E-state index in [0.717, 1.165) is 48.5 Å². The Balaban J connectivity index is 3.46. The second-order valence-electron chi connectivity index (χ2n) is 18.8. The summed E-state index contributed by atoms with van der Waals surface area (Å²) >= 11 is 0. The first kappa shape index (κ1) is 58.6. The van der Waals surface area contributed by atoms with E-state index in [2.05, 4.69) is 50.5 Å². The zero-order valence-electron chi connectivity index (χ0n) is 40.6. The van der Waals surface area contributed by atoms with Gasteiger partial charge in [-0.25, -0.2) is 0 Å². The van der Waals surface area contributed by atoms with Gasteiger partial charge in [0.2, 0.25) is 11.8 Å². The average Bonchev–Trinajstić information content (AvgIpc) is 3.21. The molecule has 0 aromatic heterocycles. The lowest BCUT2D eigenvalue weighted by molar-refractivity contribution is -0.890. The van der Waals surface area contributed by atoms with Crippen LogP contribution in [0, 0.1) is 0 Å². The molecule has 0 saturated carbocycles. The Kier molecular flexibility index (Phi) is 46.7. The Bertz CT molecular complexity index is 877. The molecule has 0 aromatic carbocycles. The number of rotatable bonds is 49. The van der Waals surface area contributed by atoms with Crippen LogP contribution in [-0.2, 0) is 9.59 Å². The van der Waals surface area contributed by atoms with E-state index in [1.807, 2.05) is 0 Å². The number of unbranched alkanes of at least 4 members (excludes halogenated alkanes) is 30. The summed E-state index contributed by atoms with van der Waals surface area (Å²) in [5.41, 5.74) is 0. The summed E-state index contributed by atoms with van der Waals surface area (Å²) in [5.74, 6) is 2.15. The molecule has 0 aliphatic rings. The Morgan fingerprint density at radius 1 is 0.407 bits per heavy atom. The van der Waals surface area contributed by atoms with Crippen molar-refractivity contribution >= 4 is 33.4 Å². The van der Waals surface area contributed by atoms with Gasteiger partial charge < -0.3 is 20.0 Å². The number of hydrogen-bond acceptors (Lipinski definition) is 5. The molecule has 0 unspecified atom stereocenters. The van der Waals surface area contributed by atoms with E-state index in [1.54, 1.807) is 21.6 Å². The molecule has 0 spiro atoms. The van der Waals surface area contributed by atoms with Crippen LogP contribution >= 0.6 is 21.6 Å². The Morgan fingerprint density at radius 3 is 1.07 bits per heavy atom. The average molecular weight is 871 g/mol. The predicted octanol–water partition coefficient (Wildman–Crippen LogP) is 14.7. The summed E-state index contributed by atoms with van der Waals surface area (Å²) in [6, 6.07) is 0. The van der Waals surface area contributed by atoms with E-state index < -0.39 is 0 Å². The smallest absolute Gasteiger partial charge is 0.220 e. The molecule has 352 valence electrons. The lowest BCUT2D eigenvalue weighted by atomic mass is 10.0. The van der Waals surface area contributed by atoms with Gasteiger partial charge >= 0.3 is 0 Å². The highest BCUT2D eigenvalue weighted by molar-refractivity contribution is 8.76. The highest BCUT2D eigenvalue weighted by Crippen LogP contribution is 2.20. The number of carbonyl (C=O) groups is 2. The third-order valence-electron chi connectivity index (χ3n) is 12.2. The van der Waals surface area contributed by atoms with Crippen LogP contribution in [0.5, 0.6) is 0 Å². The maximum atomic E-state index is 12.4. The van der Waals surface area contributed by atoms with Gasteiger partial charge in [0.1, 0.15) is 0 Å². The Morgan fingerprint density at radius 2 is 0.695 bits per heavy atom. The van der Waals surface area contributed by atoms with Crippen LogP contribution in [0.4, 0.5) is 0 Å². The van der Waals surface area contributed by atoms with Crippen LogP contribution < -0.4 is 10.6 Å². The predicted molar refractivity (Wildman–Crippen MR) is 268 cm³/mol. The van der Waals surface area contributed by atoms with Crippen molar-refractivity contribution in [1.82, 2.24) is 15.5 Å². The van der Waals surface area contributed by atoms with Crippen molar-refractivity contribution in [3.05, 3.63) is 0 Å². The van der Waals surface area contributed by atoms with Crippen LogP contribution in [0.1, 0.15) is 245 Å². The summed E-state index contributed by atoms with van der Waals surface area (Å²) in [7, 11) is 10.4. The fraction of sp³-hybridized carbons (Fsp3) is 0.961. The van der Waals surface area contributed by atoms with E-state index in [0.29, 0.717) is 25.9 Å². The summed E-state index contributed by atoms with van der Waals surface area (Å²) in [6.07, 6.45) is 48.3. The molecule has 0 saturated heterocycles. The van der Waals surface area contributed by atoms with Gasteiger partial charge in [-0.05, 0) is 45.8 Å². The van der Waals surface area contributed by atoms with Crippen LogP contribution in [0.3, 0.4) is 0 Å². The second kappa shape index (κ2) is 47.0. The molecule has 0 aromatic rings. The quantitative estimate of drug-likeness (QED) is 0.0362. The molecule has 0 rings (SSSR count). The number of carbonyl (C=O) groups excluding carboxylic acids is 2. The molecule has 2 amide bonds. The molecule has 59 heavy (non-hydrogen) atoms. The van der Waals surface area contributed by atoms with E-state index in [1.165, 1.54) is 212 Å². The van der Waals surface area contributed by atoms with Gasteiger partial charge in [0.05, 0.1) is 27.2 Å². The molecule has 0 atom stereocenters. The summed E-state index contributed by atoms with van der Waals surface area (Å²) in [6.45, 7) is 10.4. The van der Waals surface area contributed by atoms with Gasteiger partial charge in [-0.1, -0.05) is 222 Å². The molecule has 0 aliphatic heterocycles. The third kappa shape index (κ3) is 48.4. The number of quaternary nitrogens is 1. The van der Waals surface area contributed by atoms with Crippen molar-refractivity contribution in [2.24, 2.45) is 0 Å². The SMILES string of the molecule is CCCCCCCCCCCCCCCCCCN(C)CCCC(=O)NCCSSCCNC(=O)CCC[N+](C)(C)CCCCCCCCCCCCCCCCCC. The summed E-state index contributed by atoms with van der Waals surface area (Å²) in [5, 5.41) is 6.18. The zero-order valence-corrected chi connectivity index (χ0v) is 42.3. The fourth-order valence-electron chi connectivity index (χ4n) is 8.18. The minimum atomic E-state index is 0.172. The maximum Gasteiger partial charge on any atom is 0.220 e. The molecule has 6 nitrogen and oxygen atoms in total. The van der Waals surface area contributed by atoms with Crippen molar-refractivity contribution in [3.63, 3.8) is 0 Å². The first-order valence-electron chi connectivity index (χ1n) is 26.1. The molecule has 8 heteroatoms. The first-order chi connectivity index (χ1) is 28.8. The fourth-order valence-corrected chi connectivity index (χ4v) is 9.99. The molecular weight excluding hydrogens is 765 g/mol. The maximum absolute atomic E-state index is 12.4. The first-order valence-corrected chi connectivity index (χ1v) is 28.6. The van der Waals surface area contributed by atoms with Gasteiger partial charge in [0.25, 0.3) is 0 Å². The lowest BCUT2D eigenvalue weighted by Gasteiger charge is -2.29. The van der Waals surface area contributed by atoms with E-state index >= 15 is 0 Å². The van der Waals surface area contributed by atoms with Crippen molar-refractivity contribution in [2.75, 3.05) is 71.9 Å². The van der Waals surface area contributed by atoms with Crippen molar-refractivity contribution < 1.29 is 14.1 Å². The minimum absolute atomic E-state index is 0.172. The molecule has 0 heterocycles. The van der Waals surface area contributed by atoms with Gasteiger partial charge in [0.15, 0.2) is 0 Å². The van der Waals surface area contributed by atoms with Crippen molar-refractivity contribution in [1.29, 1.82) is 0 Å². The zero-order chi connectivity index (χ0) is 43.2. The van der Waals surface area contributed by atoms with E-state index in [4.69, 9.17) is 0 Å². The molecular formula is C51H105N4O2S2+. The van der Waals surface area contributed by atoms with E-state index in [-0.39, 0.29) is 11.8 Å². The topological polar surface area (TPSA) is 61.4 Å². The standard InChI is InChI=1S/C51H104N4O2S2/c1-6-8-10-12-14-16-18-20-22-24-26-28-30-32-34-36-44-54(3)45-38-40-50(56)52-42-48-58-59-49-43-53-51(57)41-39-47-55(4,5)46-37-35-33-31-29-27-25-23-21-19-17-15-13-11-9-7-2/h6-49H2,1-5H3,(H-,52,53,56,57)/p+1. The Labute approximate surface area is 378 Å². The Hall–Kier alpha value is -0.440. The van der Waals surface area contributed by atoms with Gasteiger partial charge in [-0.2, -0.15) is 0 Å². The van der Waals surface area contributed by atoms with Crippen LogP contribution in [-0.4, -0.2) is 93.1 Å². The van der Waals surface area contributed by atoms with Gasteiger partial charge in [-0.15, -0.1) is 0 Å². The van der Waals surface area contributed by atoms with Gasteiger partial charge in [-0.3, -0.25) is 9.59 Å². The number of nitrogens with one attached hydrogen (secondary N) is 2. The molecule has 0 radical (unpaired) electrons. The molecule has 0 fully saturated rings. The highest BCUT2D eigenvalue weighted by atomic mass is 33.1. The number of nitrogens with zero attached hydrogens (tertiary/aromatic N) is 2. The second-order valence-corrected chi connectivity index (χ2v) is 21.5. The normalized spacial score (nSPS) is 11.8. The monoisotopic (exact) mass is 870 g/mol. The van der Waals surface area contributed by atoms with Crippen LogP contribution in [0.2, 0.25) is 0 Å². The van der Waals surface area contributed by atoms with Crippen molar-refractivity contribution in [3.8, 4) is 0 Å². The lowest BCUT2D eigenvalue weighted by Crippen LogP contribution is -2.41. The summed E-state index contributed by atoms with van der Waals surface area (Å²) in [4.78, 5) is 27.0.